The molecule has 1 heterocycles. The van der Waals surface area contributed by atoms with E-state index in [1.54, 1.807) is 35.2 Å². The number of carbonyl (C=O) groups excluding carboxylic acids is 2. The molecule has 8 heteroatoms. The molecule has 0 aliphatic carbocycles. The molecule has 3 aromatic carbocycles. The summed E-state index contributed by atoms with van der Waals surface area (Å²) in [7, 11) is 0. The van der Waals surface area contributed by atoms with E-state index in [0.717, 1.165) is 36.3 Å². The van der Waals surface area contributed by atoms with Crippen LogP contribution >= 0.6 is 0 Å². The standard InChI is InChI=1S/C27H27F2N3O3/c1-2-35-23-11-9-22(10-12-23)30-27(34)32-14-4-7-20(17-32)18-5-3-6-19(15-18)26(33)31-25-13-8-21(28)16-24(25)29/h3,5-6,8-13,15-16,20H,2,4,7,14,17H2,1H3,(H,30,34)(H,31,33). The average molecular weight is 480 g/mol. The molecule has 1 saturated heterocycles. The molecular formula is C27H27F2N3O3. The van der Waals surface area contributed by atoms with E-state index in [9.17, 15) is 18.4 Å². The van der Waals surface area contributed by atoms with Gasteiger partial charge < -0.3 is 20.3 Å². The fourth-order valence-corrected chi connectivity index (χ4v) is 4.16. The summed E-state index contributed by atoms with van der Waals surface area (Å²) in [6, 6.07) is 17.1. The highest BCUT2D eigenvalue weighted by Gasteiger charge is 2.25. The lowest BCUT2D eigenvalue weighted by Crippen LogP contribution is -2.41. The van der Waals surface area contributed by atoms with E-state index in [4.69, 9.17) is 4.74 Å². The first-order chi connectivity index (χ1) is 16.9. The van der Waals surface area contributed by atoms with Gasteiger partial charge in [0, 0.05) is 36.3 Å². The van der Waals surface area contributed by atoms with Crippen LogP contribution in [0.4, 0.5) is 25.0 Å². The number of nitrogens with zero attached hydrogens (tertiary/aromatic N) is 1. The van der Waals surface area contributed by atoms with Gasteiger partial charge in [-0.1, -0.05) is 12.1 Å². The summed E-state index contributed by atoms with van der Waals surface area (Å²) >= 11 is 0. The average Bonchev–Trinajstić information content (AvgIpc) is 2.87. The molecule has 0 saturated carbocycles. The Bertz CT molecular complexity index is 1200. The summed E-state index contributed by atoms with van der Waals surface area (Å²) in [5.74, 6) is -1.23. The molecule has 4 rings (SSSR count). The number of likely N-dealkylation sites (tertiary alicyclic amines) is 1. The van der Waals surface area contributed by atoms with E-state index in [1.165, 1.54) is 6.07 Å². The number of benzene rings is 3. The number of hydrogen-bond donors (Lipinski definition) is 2. The summed E-state index contributed by atoms with van der Waals surface area (Å²) in [6.45, 7) is 3.65. The largest absolute Gasteiger partial charge is 0.494 e. The highest BCUT2D eigenvalue weighted by Crippen LogP contribution is 2.28. The van der Waals surface area contributed by atoms with E-state index < -0.39 is 17.5 Å². The Labute approximate surface area is 202 Å². The van der Waals surface area contributed by atoms with Crippen LogP contribution < -0.4 is 15.4 Å². The van der Waals surface area contributed by atoms with Gasteiger partial charge >= 0.3 is 6.03 Å². The van der Waals surface area contributed by atoms with Crippen molar-refractivity contribution >= 4 is 23.3 Å². The van der Waals surface area contributed by atoms with Crippen molar-refractivity contribution in [1.82, 2.24) is 4.90 Å². The summed E-state index contributed by atoms with van der Waals surface area (Å²) in [5, 5.41) is 5.41. The molecule has 3 aromatic rings. The normalized spacial score (nSPS) is 15.4. The minimum absolute atomic E-state index is 0.0603. The molecule has 1 atom stereocenters. The number of hydrogen-bond acceptors (Lipinski definition) is 3. The topological polar surface area (TPSA) is 70.7 Å². The van der Waals surface area contributed by atoms with Crippen molar-refractivity contribution in [3.8, 4) is 5.75 Å². The van der Waals surface area contributed by atoms with Crippen LogP contribution in [0.3, 0.4) is 0 Å². The maximum absolute atomic E-state index is 13.9. The van der Waals surface area contributed by atoms with Crippen LogP contribution in [-0.4, -0.2) is 36.5 Å². The predicted octanol–water partition coefficient (Wildman–Crippen LogP) is 6.03. The molecule has 0 bridgehead atoms. The van der Waals surface area contributed by atoms with Crippen LogP contribution in [0, 0.1) is 11.6 Å². The minimum atomic E-state index is -0.837. The Morgan fingerprint density at radius 2 is 1.83 bits per heavy atom. The van der Waals surface area contributed by atoms with Gasteiger partial charge in [0.25, 0.3) is 5.91 Å². The maximum Gasteiger partial charge on any atom is 0.321 e. The smallest absolute Gasteiger partial charge is 0.321 e. The molecule has 3 amide bonds. The highest BCUT2D eigenvalue weighted by molar-refractivity contribution is 6.04. The number of nitrogens with one attached hydrogen (secondary N) is 2. The van der Waals surface area contributed by atoms with Gasteiger partial charge in [-0.05, 0) is 73.9 Å². The predicted molar refractivity (Wildman–Crippen MR) is 131 cm³/mol. The van der Waals surface area contributed by atoms with E-state index in [-0.39, 0.29) is 17.6 Å². The van der Waals surface area contributed by atoms with Gasteiger partial charge in [-0.15, -0.1) is 0 Å². The minimum Gasteiger partial charge on any atom is -0.494 e. The molecule has 0 aromatic heterocycles. The fraction of sp³-hybridized carbons (Fsp3) is 0.259. The number of halogens is 2. The number of carbonyl (C=O) groups is 2. The third kappa shape index (κ3) is 6.15. The maximum atomic E-state index is 13.9. The quantitative estimate of drug-likeness (QED) is 0.454. The van der Waals surface area contributed by atoms with Gasteiger partial charge in [0.05, 0.1) is 12.3 Å². The number of rotatable bonds is 6. The van der Waals surface area contributed by atoms with Crippen molar-refractivity contribution in [1.29, 1.82) is 0 Å². The fourth-order valence-electron chi connectivity index (χ4n) is 4.16. The van der Waals surface area contributed by atoms with Crippen molar-refractivity contribution in [3.05, 3.63) is 89.5 Å². The molecular weight excluding hydrogens is 452 g/mol. The van der Waals surface area contributed by atoms with Gasteiger partial charge in [0.1, 0.15) is 17.4 Å². The van der Waals surface area contributed by atoms with Crippen molar-refractivity contribution in [3.63, 3.8) is 0 Å². The summed E-state index contributed by atoms with van der Waals surface area (Å²) in [6.07, 6.45) is 1.71. The second-order valence-corrected chi connectivity index (χ2v) is 8.38. The Morgan fingerprint density at radius 3 is 2.57 bits per heavy atom. The lowest BCUT2D eigenvalue weighted by atomic mass is 9.89. The van der Waals surface area contributed by atoms with E-state index in [2.05, 4.69) is 10.6 Å². The molecule has 1 unspecified atom stereocenters. The first-order valence-corrected chi connectivity index (χ1v) is 11.6. The zero-order valence-corrected chi connectivity index (χ0v) is 19.4. The third-order valence-corrected chi connectivity index (χ3v) is 5.92. The number of anilines is 2. The van der Waals surface area contributed by atoms with Crippen molar-refractivity contribution in [2.24, 2.45) is 0 Å². The molecule has 35 heavy (non-hydrogen) atoms. The van der Waals surface area contributed by atoms with Gasteiger partial charge in [-0.3, -0.25) is 4.79 Å². The molecule has 2 N–H and O–H groups in total. The van der Waals surface area contributed by atoms with Crippen molar-refractivity contribution in [2.45, 2.75) is 25.7 Å². The molecule has 0 radical (unpaired) electrons. The van der Waals surface area contributed by atoms with E-state index in [0.29, 0.717) is 30.9 Å². The first kappa shape index (κ1) is 24.2. The van der Waals surface area contributed by atoms with Crippen LogP contribution in [0.2, 0.25) is 0 Å². The molecule has 182 valence electrons. The van der Waals surface area contributed by atoms with Crippen LogP contribution in [0.25, 0.3) is 0 Å². The lowest BCUT2D eigenvalue weighted by molar-refractivity contribution is 0.102. The second kappa shape index (κ2) is 11.0. The zero-order valence-electron chi connectivity index (χ0n) is 19.4. The Morgan fingerprint density at radius 1 is 1.03 bits per heavy atom. The van der Waals surface area contributed by atoms with E-state index in [1.807, 2.05) is 25.1 Å². The summed E-state index contributed by atoms with van der Waals surface area (Å²) in [4.78, 5) is 27.3. The zero-order chi connectivity index (χ0) is 24.8. The number of urea groups is 1. The third-order valence-electron chi connectivity index (χ3n) is 5.92. The number of piperidine rings is 1. The Hall–Kier alpha value is -3.94. The first-order valence-electron chi connectivity index (χ1n) is 11.6. The SMILES string of the molecule is CCOc1ccc(NC(=O)N2CCCC(c3cccc(C(=O)Nc4ccc(F)cc4F)c3)C2)cc1. The molecule has 6 nitrogen and oxygen atoms in total. The van der Waals surface area contributed by atoms with Crippen molar-refractivity contribution < 1.29 is 23.1 Å². The summed E-state index contributed by atoms with van der Waals surface area (Å²) in [5.41, 5.74) is 1.89. The number of ether oxygens (including phenoxy) is 1. The molecule has 1 aliphatic heterocycles. The van der Waals surface area contributed by atoms with Gasteiger partial charge in [0.15, 0.2) is 0 Å². The van der Waals surface area contributed by atoms with Crippen LogP contribution in [0.15, 0.2) is 66.7 Å². The monoisotopic (exact) mass is 479 g/mol. The summed E-state index contributed by atoms with van der Waals surface area (Å²) < 4.78 is 32.5. The molecule has 1 aliphatic rings. The van der Waals surface area contributed by atoms with Gasteiger partial charge in [0.2, 0.25) is 0 Å². The van der Waals surface area contributed by atoms with Crippen molar-refractivity contribution in [2.75, 3.05) is 30.3 Å². The van der Waals surface area contributed by atoms with Crippen LogP contribution in [-0.2, 0) is 0 Å². The molecule has 0 spiro atoms. The lowest BCUT2D eigenvalue weighted by Gasteiger charge is -2.33. The molecule has 1 fully saturated rings. The van der Waals surface area contributed by atoms with Crippen LogP contribution in [0.5, 0.6) is 5.75 Å². The van der Waals surface area contributed by atoms with Crippen LogP contribution in [0.1, 0.15) is 41.6 Å². The van der Waals surface area contributed by atoms with E-state index >= 15 is 0 Å². The Balaban J connectivity index is 1.40. The Kier molecular flexibility index (Phi) is 7.60. The highest BCUT2D eigenvalue weighted by atomic mass is 19.1. The number of amides is 3. The van der Waals surface area contributed by atoms with Gasteiger partial charge in [-0.2, -0.15) is 0 Å². The van der Waals surface area contributed by atoms with Gasteiger partial charge in [-0.25, -0.2) is 13.6 Å². The second-order valence-electron chi connectivity index (χ2n) is 8.38.